The molecular formula is C27H28N2O7. The molecule has 9 heteroatoms. The summed E-state index contributed by atoms with van der Waals surface area (Å²) < 4.78 is 17.0. The number of benzene rings is 3. The van der Waals surface area contributed by atoms with Crippen LogP contribution in [-0.2, 0) is 6.61 Å². The Labute approximate surface area is 208 Å². The summed E-state index contributed by atoms with van der Waals surface area (Å²) in [6, 6.07) is 15.0. The van der Waals surface area contributed by atoms with Crippen molar-refractivity contribution in [2.24, 2.45) is 5.10 Å². The highest BCUT2D eigenvalue weighted by molar-refractivity contribution is 5.99. The molecule has 3 aromatic rings. The van der Waals surface area contributed by atoms with E-state index in [1.165, 1.54) is 32.1 Å². The van der Waals surface area contributed by atoms with Gasteiger partial charge in [-0.15, -0.1) is 0 Å². The third-order valence-electron chi connectivity index (χ3n) is 5.38. The van der Waals surface area contributed by atoms with Crippen LogP contribution in [0.4, 0.5) is 0 Å². The van der Waals surface area contributed by atoms with Crippen LogP contribution in [-0.4, -0.2) is 42.5 Å². The maximum absolute atomic E-state index is 12.3. The molecule has 0 aliphatic carbocycles. The molecule has 9 nitrogen and oxygen atoms in total. The lowest BCUT2D eigenvalue weighted by molar-refractivity contribution is 0.0693. The van der Waals surface area contributed by atoms with Crippen LogP contribution in [0.15, 0.2) is 59.7 Å². The molecule has 0 fully saturated rings. The summed E-state index contributed by atoms with van der Waals surface area (Å²) in [4.78, 5) is 23.5. The van der Waals surface area contributed by atoms with Crippen molar-refractivity contribution in [3.63, 3.8) is 0 Å². The van der Waals surface area contributed by atoms with E-state index < -0.39 is 17.6 Å². The number of hydrogen-bond acceptors (Lipinski definition) is 7. The van der Waals surface area contributed by atoms with Gasteiger partial charge in [-0.05, 0) is 47.4 Å². The molecule has 0 saturated heterocycles. The highest BCUT2D eigenvalue weighted by Crippen LogP contribution is 2.38. The number of aromatic carboxylic acids is 1. The van der Waals surface area contributed by atoms with Crippen LogP contribution in [0, 0.1) is 0 Å². The van der Waals surface area contributed by atoms with Crippen molar-refractivity contribution in [2.75, 3.05) is 14.2 Å². The number of phenols is 1. The van der Waals surface area contributed by atoms with Crippen molar-refractivity contribution in [3.05, 3.63) is 82.4 Å². The molecule has 0 bridgehead atoms. The van der Waals surface area contributed by atoms with E-state index in [0.29, 0.717) is 35.3 Å². The Hall–Kier alpha value is -4.53. The molecule has 0 aliphatic heterocycles. The van der Waals surface area contributed by atoms with Crippen molar-refractivity contribution in [1.82, 2.24) is 5.43 Å². The third-order valence-corrected chi connectivity index (χ3v) is 5.38. The van der Waals surface area contributed by atoms with E-state index >= 15 is 0 Å². The number of nitrogens with one attached hydrogen (secondary N) is 1. The van der Waals surface area contributed by atoms with Crippen LogP contribution in [0.5, 0.6) is 23.0 Å². The molecule has 36 heavy (non-hydrogen) atoms. The lowest BCUT2D eigenvalue weighted by Crippen LogP contribution is -2.18. The Morgan fingerprint density at radius 1 is 1.00 bits per heavy atom. The van der Waals surface area contributed by atoms with Crippen molar-refractivity contribution < 1.29 is 34.0 Å². The van der Waals surface area contributed by atoms with Gasteiger partial charge in [0.2, 0.25) is 5.75 Å². The topological polar surface area (TPSA) is 127 Å². The van der Waals surface area contributed by atoms with E-state index in [1.54, 1.807) is 12.1 Å². The van der Waals surface area contributed by atoms with E-state index in [4.69, 9.17) is 19.3 Å². The zero-order chi connectivity index (χ0) is 26.2. The van der Waals surface area contributed by atoms with E-state index in [2.05, 4.69) is 36.5 Å². The standard InChI is InChI=1S/C27H28N2O7/c1-16(2)19-7-5-17(6-8-19)15-36-25-23(34-3)11-18(12-24(25)35-4)14-28-29-26(31)20-9-10-22(30)21(13-20)27(32)33/h5-14,16,30H,15H2,1-4H3,(H,29,31)(H,32,33). The van der Waals surface area contributed by atoms with Gasteiger partial charge in [0, 0.05) is 11.1 Å². The zero-order valence-electron chi connectivity index (χ0n) is 20.4. The summed E-state index contributed by atoms with van der Waals surface area (Å²) >= 11 is 0. The maximum atomic E-state index is 12.3. The second-order valence-electron chi connectivity index (χ2n) is 8.18. The Bertz CT molecular complexity index is 1240. The predicted octanol–water partition coefficient (Wildman–Crippen LogP) is 4.57. The van der Waals surface area contributed by atoms with E-state index in [0.717, 1.165) is 17.7 Å². The van der Waals surface area contributed by atoms with Gasteiger partial charge in [-0.25, -0.2) is 10.2 Å². The van der Waals surface area contributed by atoms with Gasteiger partial charge in [-0.1, -0.05) is 38.1 Å². The third kappa shape index (κ3) is 6.32. The minimum absolute atomic E-state index is 0.0303. The van der Waals surface area contributed by atoms with E-state index in [1.807, 2.05) is 12.1 Å². The van der Waals surface area contributed by atoms with Crippen molar-refractivity contribution >= 4 is 18.1 Å². The first kappa shape index (κ1) is 26.1. The Morgan fingerprint density at radius 2 is 1.64 bits per heavy atom. The summed E-state index contributed by atoms with van der Waals surface area (Å²) in [6.45, 7) is 4.60. The summed E-state index contributed by atoms with van der Waals surface area (Å²) in [5, 5.41) is 22.6. The summed E-state index contributed by atoms with van der Waals surface area (Å²) in [7, 11) is 3.01. The number of hydrogen-bond donors (Lipinski definition) is 3. The Kier molecular flexibility index (Phi) is 8.51. The Balaban J connectivity index is 1.73. The van der Waals surface area contributed by atoms with Gasteiger partial charge in [-0.2, -0.15) is 5.10 Å². The number of amides is 1. The monoisotopic (exact) mass is 492 g/mol. The number of ether oxygens (including phenoxy) is 3. The lowest BCUT2D eigenvalue weighted by Gasteiger charge is -2.15. The average molecular weight is 493 g/mol. The SMILES string of the molecule is COc1cc(C=NNC(=O)c2ccc(O)c(C(=O)O)c2)cc(OC)c1OCc1ccc(C(C)C)cc1. The van der Waals surface area contributed by atoms with Crippen LogP contribution >= 0.6 is 0 Å². The van der Waals surface area contributed by atoms with Gasteiger partial charge < -0.3 is 24.4 Å². The fourth-order valence-corrected chi connectivity index (χ4v) is 3.35. The highest BCUT2D eigenvalue weighted by atomic mass is 16.5. The molecule has 0 heterocycles. The summed E-state index contributed by atoms with van der Waals surface area (Å²) in [5.74, 6) is -0.703. The highest BCUT2D eigenvalue weighted by Gasteiger charge is 2.16. The largest absolute Gasteiger partial charge is 0.507 e. The maximum Gasteiger partial charge on any atom is 0.339 e. The molecule has 0 radical (unpaired) electrons. The van der Waals surface area contributed by atoms with Crippen molar-refractivity contribution in [1.29, 1.82) is 0 Å². The van der Waals surface area contributed by atoms with Crippen molar-refractivity contribution in [3.8, 4) is 23.0 Å². The summed E-state index contributed by atoms with van der Waals surface area (Å²) in [5.41, 5.74) is 4.78. The number of nitrogens with zero attached hydrogens (tertiary/aromatic N) is 1. The molecule has 1 amide bonds. The smallest absolute Gasteiger partial charge is 0.339 e. The minimum atomic E-state index is -1.35. The zero-order valence-corrected chi connectivity index (χ0v) is 20.4. The minimum Gasteiger partial charge on any atom is -0.507 e. The van der Waals surface area contributed by atoms with Gasteiger partial charge >= 0.3 is 5.97 Å². The number of aromatic hydroxyl groups is 1. The molecule has 0 saturated carbocycles. The van der Waals surface area contributed by atoms with E-state index in [-0.39, 0.29) is 11.1 Å². The molecule has 0 aliphatic rings. The number of methoxy groups -OCH3 is 2. The fourth-order valence-electron chi connectivity index (χ4n) is 3.35. The van der Waals surface area contributed by atoms with Gasteiger partial charge in [0.25, 0.3) is 5.91 Å². The molecule has 0 atom stereocenters. The molecule has 3 aromatic carbocycles. The molecule has 3 N–H and O–H groups in total. The molecule has 0 aromatic heterocycles. The predicted molar refractivity (Wildman–Crippen MR) is 135 cm³/mol. The lowest BCUT2D eigenvalue weighted by atomic mass is 10.0. The van der Waals surface area contributed by atoms with Gasteiger partial charge in [-0.3, -0.25) is 4.79 Å². The number of carboxylic acids is 1. The Morgan fingerprint density at radius 3 is 2.19 bits per heavy atom. The number of rotatable bonds is 10. The van der Waals surface area contributed by atoms with Crippen LogP contribution in [0.25, 0.3) is 0 Å². The number of hydrazone groups is 1. The van der Waals surface area contributed by atoms with Crippen molar-refractivity contribution in [2.45, 2.75) is 26.4 Å². The van der Waals surface area contributed by atoms with Crippen LogP contribution in [0.3, 0.4) is 0 Å². The second-order valence-corrected chi connectivity index (χ2v) is 8.18. The van der Waals surface area contributed by atoms with Gasteiger partial charge in [0.15, 0.2) is 11.5 Å². The second kappa shape index (κ2) is 11.7. The molecule has 3 rings (SSSR count). The first-order valence-electron chi connectivity index (χ1n) is 11.1. The molecule has 188 valence electrons. The number of carbonyl (C=O) groups excluding carboxylic acids is 1. The molecule has 0 spiro atoms. The van der Waals surface area contributed by atoms with Crippen LogP contribution < -0.4 is 19.6 Å². The van der Waals surface area contributed by atoms with Crippen LogP contribution in [0.2, 0.25) is 0 Å². The van der Waals surface area contributed by atoms with E-state index in [9.17, 15) is 14.7 Å². The van der Waals surface area contributed by atoms with Gasteiger partial charge in [0.05, 0.1) is 20.4 Å². The quantitative estimate of drug-likeness (QED) is 0.279. The van der Waals surface area contributed by atoms with Crippen LogP contribution in [0.1, 0.15) is 57.2 Å². The average Bonchev–Trinajstić information content (AvgIpc) is 2.87. The molecular weight excluding hydrogens is 464 g/mol. The fraction of sp³-hybridized carbons (Fsp3) is 0.222. The van der Waals surface area contributed by atoms with Gasteiger partial charge in [0.1, 0.15) is 17.9 Å². The first-order chi connectivity index (χ1) is 17.2. The number of carboxylic acid groups (broad SMARTS) is 1. The normalized spacial score (nSPS) is 10.9. The molecule has 0 unspecified atom stereocenters. The first-order valence-corrected chi connectivity index (χ1v) is 11.1. The number of carbonyl (C=O) groups is 2. The summed E-state index contributed by atoms with van der Waals surface area (Å²) in [6.07, 6.45) is 1.38.